The number of pyridine rings is 1. The highest BCUT2D eigenvalue weighted by Crippen LogP contribution is 2.12. The number of aliphatic hydroxyl groups is 1. The van der Waals surface area contributed by atoms with Gasteiger partial charge in [0.2, 0.25) is 0 Å². The van der Waals surface area contributed by atoms with E-state index >= 15 is 0 Å². The van der Waals surface area contributed by atoms with E-state index < -0.39 is 0 Å². The molecule has 1 heterocycles. The summed E-state index contributed by atoms with van der Waals surface area (Å²) in [7, 11) is 0. The fourth-order valence-electron chi connectivity index (χ4n) is 0.748. The SMILES string of the molecule is Nc1ccc(Br)nc1C#CCCO. The highest BCUT2D eigenvalue weighted by atomic mass is 79.9. The maximum Gasteiger partial charge on any atom is 0.137 e. The molecular formula is C9H9BrN2O. The summed E-state index contributed by atoms with van der Waals surface area (Å²) >= 11 is 3.22. The van der Waals surface area contributed by atoms with Gasteiger partial charge in [0.15, 0.2) is 0 Å². The fraction of sp³-hybridized carbons (Fsp3) is 0.222. The van der Waals surface area contributed by atoms with Crippen molar-refractivity contribution in [1.29, 1.82) is 0 Å². The van der Waals surface area contributed by atoms with E-state index in [0.717, 1.165) is 0 Å². The molecule has 0 aliphatic heterocycles. The molecule has 0 fully saturated rings. The van der Waals surface area contributed by atoms with E-state index in [1.807, 2.05) is 0 Å². The van der Waals surface area contributed by atoms with Crippen molar-refractivity contribution in [2.45, 2.75) is 6.42 Å². The van der Waals surface area contributed by atoms with Crippen molar-refractivity contribution in [3.8, 4) is 11.8 Å². The summed E-state index contributed by atoms with van der Waals surface area (Å²) < 4.78 is 0.704. The highest BCUT2D eigenvalue weighted by Gasteiger charge is 1.96. The first-order valence-electron chi connectivity index (χ1n) is 3.76. The molecule has 1 rings (SSSR count). The molecule has 0 atom stereocenters. The number of aliphatic hydroxyl groups excluding tert-OH is 1. The topological polar surface area (TPSA) is 59.1 Å². The third kappa shape index (κ3) is 3.05. The molecule has 0 aliphatic carbocycles. The van der Waals surface area contributed by atoms with Crippen LogP contribution in [0.3, 0.4) is 0 Å². The Morgan fingerprint density at radius 1 is 1.54 bits per heavy atom. The minimum Gasteiger partial charge on any atom is -0.396 e. The Morgan fingerprint density at radius 2 is 2.31 bits per heavy atom. The van der Waals surface area contributed by atoms with Crippen molar-refractivity contribution >= 4 is 21.6 Å². The van der Waals surface area contributed by atoms with E-state index in [4.69, 9.17) is 10.8 Å². The van der Waals surface area contributed by atoms with Gasteiger partial charge < -0.3 is 10.8 Å². The number of nitrogens with two attached hydrogens (primary N) is 1. The van der Waals surface area contributed by atoms with E-state index in [2.05, 4.69) is 32.8 Å². The van der Waals surface area contributed by atoms with Crippen LogP contribution in [-0.2, 0) is 0 Å². The summed E-state index contributed by atoms with van der Waals surface area (Å²) in [6, 6.07) is 3.49. The molecule has 0 spiro atoms. The van der Waals surface area contributed by atoms with Gasteiger partial charge in [-0.15, -0.1) is 0 Å². The molecule has 0 radical (unpaired) electrons. The minimum atomic E-state index is 0.0565. The van der Waals surface area contributed by atoms with Crippen molar-refractivity contribution in [2.24, 2.45) is 0 Å². The quantitative estimate of drug-likeness (QED) is 0.573. The van der Waals surface area contributed by atoms with Gasteiger partial charge in [0.05, 0.1) is 12.3 Å². The number of nitrogens with zero attached hydrogens (tertiary/aromatic N) is 1. The minimum absolute atomic E-state index is 0.0565. The van der Waals surface area contributed by atoms with Crippen molar-refractivity contribution in [3.05, 3.63) is 22.4 Å². The number of halogens is 1. The lowest BCUT2D eigenvalue weighted by Gasteiger charge is -1.96. The molecule has 4 heteroatoms. The second-order valence-corrected chi connectivity index (χ2v) is 3.16. The van der Waals surface area contributed by atoms with Gasteiger partial charge in [0, 0.05) is 6.42 Å². The fourth-order valence-corrected chi connectivity index (χ4v) is 1.06. The first-order chi connectivity index (χ1) is 6.24. The summed E-state index contributed by atoms with van der Waals surface area (Å²) in [6.07, 6.45) is 0.438. The molecule has 3 nitrogen and oxygen atoms in total. The Labute approximate surface area is 85.1 Å². The number of nitrogen functional groups attached to an aromatic ring is 1. The van der Waals surface area contributed by atoms with Gasteiger partial charge in [-0.1, -0.05) is 5.92 Å². The lowest BCUT2D eigenvalue weighted by Crippen LogP contribution is -1.93. The van der Waals surface area contributed by atoms with Crippen LogP contribution in [0.4, 0.5) is 5.69 Å². The van der Waals surface area contributed by atoms with Crippen molar-refractivity contribution < 1.29 is 5.11 Å². The van der Waals surface area contributed by atoms with Crippen molar-refractivity contribution in [2.75, 3.05) is 12.3 Å². The van der Waals surface area contributed by atoms with Gasteiger partial charge in [-0.05, 0) is 34.0 Å². The number of hydrogen-bond acceptors (Lipinski definition) is 3. The Balaban J connectivity index is 2.89. The third-order valence-corrected chi connectivity index (χ3v) is 1.78. The normalized spacial score (nSPS) is 9.08. The largest absolute Gasteiger partial charge is 0.396 e. The zero-order chi connectivity index (χ0) is 9.68. The molecule has 0 amide bonds. The van der Waals surface area contributed by atoms with Gasteiger partial charge in [-0.2, -0.15) is 0 Å². The van der Waals surface area contributed by atoms with Crippen molar-refractivity contribution in [1.82, 2.24) is 4.98 Å². The molecule has 1 aromatic heterocycles. The predicted octanol–water partition coefficient (Wildman–Crippen LogP) is 1.16. The number of rotatable bonds is 1. The van der Waals surface area contributed by atoms with Gasteiger partial charge in [0.25, 0.3) is 0 Å². The van der Waals surface area contributed by atoms with Crippen LogP contribution in [0.15, 0.2) is 16.7 Å². The molecule has 0 aromatic carbocycles. The molecule has 3 N–H and O–H groups in total. The summed E-state index contributed by atoms with van der Waals surface area (Å²) in [5.41, 5.74) is 6.72. The number of aromatic nitrogens is 1. The second-order valence-electron chi connectivity index (χ2n) is 2.35. The molecule has 0 unspecified atom stereocenters. The predicted molar refractivity (Wildman–Crippen MR) is 54.9 cm³/mol. The smallest absolute Gasteiger partial charge is 0.137 e. The average Bonchev–Trinajstić information content (AvgIpc) is 2.11. The van der Waals surface area contributed by atoms with Gasteiger partial charge in [-0.25, -0.2) is 4.98 Å². The van der Waals surface area contributed by atoms with E-state index in [0.29, 0.717) is 22.4 Å². The molecule has 13 heavy (non-hydrogen) atoms. The molecule has 0 aliphatic rings. The lowest BCUT2D eigenvalue weighted by molar-refractivity contribution is 0.305. The lowest BCUT2D eigenvalue weighted by atomic mass is 10.3. The Hall–Kier alpha value is -1.05. The van der Waals surface area contributed by atoms with Crippen LogP contribution in [0.5, 0.6) is 0 Å². The van der Waals surface area contributed by atoms with E-state index in [1.165, 1.54) is 0 Å². The first kappa shape index (κ1) is 10.0. The van der Waals surface area contributed by atoms with Gasteiger partial charge in [-0.3, -0.25) is 0 Å². The Bertz CT molecular complexity index is 354. The summed E-state index contributed by atoms with van der Waals surface area (Å²) in [4.78, 5) is 4.08. The number of hydrogen-bond donors (Lipinski definition) is 2. The summed E-state index contributed by atoms with van der Waals surface area (Å²) in [5, 5.41) is 8.50. The van der Waals surface area contributed by atoms with Crippen LogP contribution in [0.1, 0.15) is 12.1 Å². The first-order valence-corrected chi connectivity index (χ1v) is 4.55. The van der Waals surface area contributed by atoms with Crippen LogP contribution in [0.25, 0.3) is 0 Å². The Morgan fingerprint density at radius 3 is 3.00 bits per heavy atom. The van der Waals surface area contributed by atoms with E-state index in [1.54, 1.807) is 12.1 Å². The molecule has 1 aromatic rings. The molecular weight excluding hydrogens is 232 g/mol. The van der Waals surface area contributed by atoms with Gasteiger partial charge in [0.1, 0.15) is 10.3 Å². The molecule has 0 bridgehead atoms. The summed E-state index contributed by atoms with van der Waals surface area (Å²) in [6.45, 7) is 0.0565. The zero-order valence-corrected chi connectivity index (χ0v) is 8.50. The molecule has 0 saturated heterocycles. The maximum atomic E-state index is 8.50. The third-order valence-electron chi connectivity index (χ3n) is 1.34. The highest BCUT2D eigenvalue weighted by molar-refractivity contribution is 9.10. The molecule has 68 valence electrons. The van der Waals surface area contributed by atoms with Crippen LogP contribution in [0, 0.1) is 11.8 Å². The standard InChI is InChI=1S/C9H9BrN2O/c10-9-5-4-7(11)8(12-9)3-1-2-6-13/h4-5,13H,2,6,11H2. The van der Waals surface area contributed by atoms with E-state index in [9.17, 15) is 0 Å². The maximum absolute atomic E-state index is 8.50. The van der Waals surface area contributed by atoms with Crippen LogP contribution in [0.2, 0.25) is 0 Å². The Kier molecular flexibility index (Phi) is 3.74. The number of anilines is 1. The van der Waals surface area contributed by atoms with Gasteiger partial charge >= 0.3 is 0 Å². The zero-order valence-electron chi connectivity index (χ0n) is 6.92. The van der Waals surface area contributed by atoms with Crippen LogP contribution >= 0.6 is 15.9 Å². The monoisotopic (exact) mass is 240 g/mol. The molecule has 0 saturated carbocycles. The second kappa shape index (κ2) is 4.85. The average molecular weight is 241 g/mol. The summed E-state index contributed by atoms with van der Waals surface area (Å²) in [5.74, 6) is 5.53. The van der Waals surface area contributed by atoms with Crippen LogP contribution in [-0.4, -0.2) is 16.7 Å². The van der Waals surface area contributed by atoms with Crippen LogP contribution < -0.4 is 5.73 Å². The van der Waals surface area contributed by atoms with Crippen molar-refractivity contribution in [3.63, 3.8) is 0 Å². The van der Waals surface area contributed by atoms with E-state index in [-0.39, 0.29) is 6.61 Å².